The van der Waals surface area contributed by atoms with Crippen molar-refractivity contribution in [2.45, 2.75) is 94.3 Å². The van der Waals surface area contributed by atoms with Crippen molar-refractivity contribution >= 4 is 23.8 Å². The second-order valence-electron chi connectivity index (χ2n) is 15.3. The quantitative estimate of drug-likeness (QED) is 0.212. The summed E-state index contributed by atoms with van der Waals surface area (Å²) >= 11 is 0. The highest BCUT2D eigenvalue weighted by molar-refractivity contribution is 6.13. The average molecular weight is 561 g/mol. The molecule has 0 fully saturated rings. The Bertz CT molecular complexity index is 1250. The smallest absolute Gasteiger partial charge is 0.329 e. The molecule has 0 N–H and O–H groups in total. The van der Waals surface area contributed by atoms with Gasteiger partial charge < -0.3 is 9.47 Å². The number of ketones is 1. The number of esters is 2. The molecule has 0 bridgehead atoms. The Labute approximate surface area is 246 Å². The lowest BCUT2D eigenvalue weighted by Crippen LogP contribution is -2.56. The van der Waals surface area contributed by atoms with E-state index in [2.05, 4.69) is 0 Å². The Morgan fingerprint density at radius 2 is 1.17 bits per heavy atom. The number of rotatable bonds is 4. The monoisotopic (exact) mass is 560 g/mol. The van der Waals surface area contributed by atoms with Crippen molar-refractivity contribution in [3.8, 4) is 0 Å². The van der Waals surface area contributed by atoms with Gasteiger partial charge in [-0.1, -0.05) is 108 Å². The van der Waals surface area contributed by atoms with Crippen molar-refractivity contribution in [2.24, 2.45) is 27.6 Å². The third-order valence-corrected chi connectivity index (χ3v) is 7.40. The minimum Gasteiger partial charge on any atom is -0.459 e. The SMILES string of the molecule is CC(C)(C)OC(=O)C1(C(=O)OC(C)(C)C)C=CC(/C=C/c2ccccc2)C12C=C(C(C)(C)C)C(=O)C(C(C)(C)C)=C2. The summed E-state index contributed by atoms with van der Waals surface area (Å²) < 4.78 is 12.0. The maximum absolute atomic E-state index is 14.5. The van der Waals surface area contributed by atoms with Crippen molar-refractivity contribution < 1.29 is 23.9 Å². The normalized spacial score (nSPS) is 20.7. The molecule has 1 atom stereocenters. The van der Waals surface area contributed by atoms with Crippen LogP contribution in [0.2, 0.25) is 0 Å². The predicted octanol–water partition coefficient (Wildman–Crippen LogP) is 8.07. The van der Waals surface area contributed by atoms with E-state index in [0.29, 0.717) is 11.1 Å². The highest BCUT2D eigenvalue weighted by atomic mass is 16.6. The fraction of sp³-hybridized carbons (Fsp3) is 0.528. The molecule has 1 aromatic carbocycles. The van der Waals surface area contributed by atoms with Crippen LogP contribution < -0.4 is 0 Å². The molecule has 0 heterocycles. The second kappa shape index (κ2) is 10.6. The van der Waals surface area contributed by atoms with Gasteiger partial charge in [0.25, 0.3) is 0 Å². The van der Waals surface area contributed by atoms with Gasteiger partial charge in [-0.25, -0.2) is 0 Å². The molecule has 1 unspecified atom stereocenters. The van der Waals surface area contributed by atoms with E-state index in [0.717, 1.165) is 5.56 Å². The lowest BCUT2D eigenvalue weighted by molar-refractivity contribution is -0.187. The first-order valence-electron chi connectivity index (χ1n) is 14.4. The number of ether oxygens (including phenoxy) is 2. The fourth-order valence-electron chi connectivity index (χ4n) is 5.44. The average Bonchev–Trinajstić information content (AvgIpc) is 3.10. The number of benzene rings is 1. The van der Waals surface area contributed by atoms with Gasteiger partial charge in [0.1, 0.15) is 11.2 Å². The molecule has 0 saturated carbocycles. The molecule has 1 spiro atoms. The first-order valence-corrected chi connectivity index (χ1v) is 14.4. The van der Waals surface area contributed by atoms with Crippen LogP contribution in [-0.2, 0) is 23.9 Å². The summed E-state index contributed by atoms with van der Waals surface area (Å²) in [5.41, 5.74) is -3.90. The van der Waals surface area contributed by atoms with Crippen LogP contribution in [0.1, 0.15) is 88.6 Å². The molecule has 3 rings (SSSR count). The first kappa shape index (κ1) is 32.3. The van der Waals surface area contributed by atoms with E-state index in [1.807, 2.05) is 102 Å². The van der Waals surface area contributed by atoms with Crippen molar-refractivity contribution in [3.63, 3.8) is 0 Å². The maximum Gasteiger partial charge on any atom is 0.329 e. The Kier molecular flexibility index (Phi) is 8.32. The molecule has 0 aromatic heterocycles. The Hall–Kier alpha value is -3.21. The van der Waals surface area contributed by atoms with Gasteiger partial charge in [-0.15, -0.1) is 0 Å². The first-order chi connectivity index (χ1) is 18.5. The van der Waals surface area contributed by atoms with Gasteiger partial charge in [-0.3, -0.25) is 14.4 Å². The van der Waals surface area contributed by atoms with Gasteiger partial charge in [-0.05, 0) is 57.9 Å². The Balaban J connectivity index is 2.47. The number of carbonyl (C=O) groups excluding carboxylic acids is 3. The molecular weight excluding hydrogens is 512 g/mol. The summed E-state index contributed by atoms with van der Waals surface area (Å²) in [6.07, 6.45) is 11.3. The maximum atomic E-state index is 14.5. The van der Waals surface area contributed by atoms with Gasteiger partial charge in [0.2, 0.25) is 0 Å². The van der Waals surface area contributed by atoms with Crippen molar-refractivity contribution in [3.05, 3.63) is 77.4 Å². The molecule has 41 heavy (non-hydrogen) atoms. The minimum atomic E-state index is -1.87. The molecule has 222 valence electrons. The van der Waals surface area contributed by atoms with Gasteiger partial charge in [-0.2, -0.15) is 0 Å². The predicted molar refractivity (Wildman–Crippen MR) is 165 cm³/mol. The fourth-order valence-corrected chi connectivity index (χ4v) is 5.44. The third kappa shape index (κ3) is 6.50. The summed E-state index contributed by atoms with van der Waals surface area (Å²) in [5, 5.41) is 0. The lowest BCUT2D eigenvalue weighted by atomic mass is 9.55. The number of hydrogen-bond acceptors (Lipinski definition) is 5. The molecule has 1 aromatic rings. The van der Waals surface area contributed by atoms with Crippen molar-refractivity contribution in [2.75, 3.05) is 0 Å². The molecular formula is C36H48O5. The van der Waals surface area contributed by atoms with E-state index < -0.39 is 50.7 Å². The van der Waals surface area contributed by atoms with Crippen molar-refractivity contribution in [1.29, 1.82) is 0 Å². The number of Topliss-reactive ketones (excluding diaryl/α,β-unsaturated/α-hetero) is 1. The Morgan fingerprint density at radius 1 is 0.732 bits per heavy atom. The zero-order valence-electron chi connectivity index (χ0n) is 27.0. The van der Waals surface area contributed by atoms with Gasteiger partial charge >= 0.3 is 11.9 Å². The zero-order valence-corrected chi connectivity index (χ0v) is 27.0. The highest BCUT2D eigenvalue weighted by Crippen LogP contribution is 2.61. The van der Waals surface area contributed by atoms with E-state index in [-0.39, 0.29) is 5.78 Å². The Morgan fingerprint density at radius 3 is 1.56 bits per heavy atom. The van der Waals surface area contributed by atoms with E-state index >= 15 is 0 Å². The molecule has 0 amide bonds. The van der Waals surface area contributed by atoms with E-state index in [4.69, 9.17) is 9.47 Å². The molecule has 0 radical (unpaired) electrons. The van der Waals surface area contributed by atoms with Crippen LogP contribution in [0.4, 0.5) is 0 Å². The van der Waals surface area contributed by atoms with Crippen LogP contribution >= 0.6 is 0 Å². The molecule has 0 saturated heterocycles. The number of allylic oxidation sites excluding steroid dienone is 6. The van der Waals surface area contributed by atoms with E-state index in [1.165, 1.54) is 0 Å². The summed E-state index contributed by atoms with van der Waals surface area (Å²) in [6.45, 7) is 22.6. The third-order valence-electron chi connectivity index (χ3n) is 7.40. The molecule has 5 nitrogen and oxygen atoms in total. The molecule has 0 aliphatic heterocycles. The zero-order chi connectivity index (χ0) is 31.2. The van der Waals surface area contributed by atoms with Gasteiger partial charge in [0.05, 0.1) is 0 Å². The lowest BCUT2D eigenvalue weighted by Gasteiger charge is -2.47. The van der Waals surface area contributed by atoms with Crippen LogP contribution in [-0.4, -0.2) is 28.9 Å². The number of carbonyl (C=O) groups is 3. The van der Waals surface area contributed by atoms with Crippen molar-refractivity contribution in [1.82, 2.24) is 0 Å². The molecule has 2 aliphatic rings. The minimum absolute atomic E-state index is 0.0735. The largest absolute Gasteiger partial charge is 0.459 e. The number of hydrogen-bond donors (Lipinski definition) is 0. The molecule has 5 heteroatoms. The van der Waals surface area contributed by atoms with Crippen LogP contribution in [0.3, 0.4) is 0 Å². The summed E-state index contributed by atoms with van der Waals surface area (Å²) in [5.74, 6) is -1.93. The standard InChI is InChI=1S/C36H48O5/c1-31(2,3)26-22-35(23-27(28(26)37)32(4,5)6)25(19-18-24-16-14-13-15-17-24)20-21-36(35,29(38)40-33(7,8)9)30(39)41-34(10,11)12/h13-23,25H,1-12H3/b19-18+. The van der Waals surface area contributed by atoms with E-state index in [9.17, 15) is 14.4 Å². The van der Waals surface area contributed by atoms with Crippen LogP contribution in [0.25, 0.3) is 6.08 Å². The van der Waals surface area contributed by atoms with Crippen LogP contribution in [0.5, 0.6) is 0 Å². The van der Waals surface area contributed by atoms with Gasteiger partial charge in [0, 0.05) is 22.5 Å². The van der Waals surface area contributed by atoms with E-state index in [1.54, 1.807) is 47.6 Å². The van der Waals surface area contributed by atoms with Crippen LogP contribution in [0.15, 0.2) is 71.9 Å². The second-order valence-corrected chi connectivity index (χ2v) is 15.3. The van der Waals surface area contributed by atoms with Crippen LogP contribution in [0, 0.1) is 27.6 Å². The summed E-state index contributed by atoms with van der Waals surface area (Å²) in [6, 6.07) is 9.86. The summed E-state index contributed by atoms with van der Waals surface area (Å²) in [4.78, 5) is 43.0. The topological polar surface area (TPSA) is 69.7 Å². The van der Waals surface area contributed by atoms with Gasteiger partial charge in [0.15, 0.2) is 11.2 Å². The summed E-state index contributed by atoms with van der Waals surface area (Å²) in [7, 11) is 0. The molecule has 2 aliphatic carbocycles. The highest BCUT2D eigenvalue weighted by Gasteiger charge is 2.68.